The van der Waals surface area contributed by atoms with E-state index in [1.807, 2.05) is 72.8 Å². The minimum absolute atomic E-state index is 0.641. The smallest absolute Gasteiger partial charge is 0.164 e. The third kappa shape index (κ3) is 5.45. The molecule has 0 aliphatic carbocycles. The Hall–Kier alpha value is -7.63. The summed E-state index contributed by atoms with van der Waals surface area (Å²) in [6.07, 6.45) is 0. The predicted octanol–water partition coefficient (Wildman–Crippen LogP) is 13.2. The molecule has 11 rings (SSSR count). The number of para-hydroxylation sites is 2. The summed E-state index contributed by atoms with van der Waals surface area (Å²) in [6.45, 7) is 0. The molecule has 0 aliphatic rings. The van der Waals surface area contributed by atoms with E-state index in [1.54, 1.807) is 0 Å². The molecule has 0 saturated heterocycles. The predicted molar refractivity (Wildman–Crippen MR) is 229 cm³/mol. The molecule has 0 radical (unpaired) electrons. The first-order valence-corrected chi connectivity index (χ1v) is 18.8. The molecule has 5 nitrogen and oxygen atoms in total. The topological polar surface area (TPSA) is 56.7 Å². The molecular weight excluding hydrogens is 685 g/mol. The second-order valence-electron chi connectivity index (χ2n) is 14.1. The van der Waals surface area contributed by atoms with Crippen LogP contribution in [0.2, 0.25) is 0 Å². The van der Waals surface area contributed by atoms with Crippen molar-refractivity contribution in [3.05, 3.63) is 194 Å². The van der Waals surface area contributed by atoms with Gasteiger partial charge in [-0.1, -0.05) is 146 Å². The monoisotopic (exact) mass is 716 g/mol. The Morgan fingerprint density at radius 3 is 1.54 bits per heavy atom. The summed E-state index contributed by atoms with van der Waals surface area (Å²) in [5.41, 5.74) is 12.6. The third-order valence-corrected chi connectivity index (χ3v) is 10.7. The van der Waals surface area contributed by atoms with Gasteiger partial charge in [0.1, 0.15) is 11.2 Å². The Bertz CT molecular complexity index is 3180. The molecule has 0 saturated carbocycles. The van der Waals surface area contributed by atoms with Crippen LogP contribution in [0.25, 0.3) is 106 Å². The van der Waals surface area contributed by atoms with Gasteiger partial charge >= 0.3 is 0 Å². The van der Waals surface area contributed by atoms with Crippen molar-refractivity contribution in [2.45, 2.75) is 0 Å². The molecule has 262 valence electrons. The van der Waals surface area contributed by atoms with Crippen LogP contribution in [0, 0.1) is 0 Å². The van der Waals surface area contributed by atoms with Crippen LogP contribution in [0.3, 0.4) is 0 Å². The second kappa shape index (κ2) is 13.0. The maximum Gasteiger partial charge on any atom is 0.164 e. The van der Waals surface area contributed by atoms with Crippen LogP contribution in [0.5, 0.6) is 0 Å². The van der Waals surface area contributed by atoms with Crippen LogP contribution in [0.1, 0.15) is 0 Å². The molecule has 0 aliphatic heterocycles. The quantitative estimate of drug-likeness (QED) is 0.172. The van der Waals surface area contributed by atoms with Crippen molar-refractivity contribution in [3.63, 3.8) is 0 Å². The van der Waals surface area contributed by atoms with Crippen molar-refractivity contribution in [3.8, 4) is 62.1 Å². The molecular formula is C51H32N4O. The Kier molecular flexibility index (Phi) is 7.42. The molecule has 3 aromatic heterocycles. The Balaban J connectivity index is 0.966. The standard InChI is InChI=1S/C51H32N4O/c1-3-12-34(13-4-1)49-52-50(35-14-5-2-6-15-35)54-51(53-49)36-24-22-33(23-25-36)38-27-29-46-44(31-38)41-18-7-9-20-45(41)55(46)40-17-11-16-37(30-40)39-26-28-43-42-19-8-10-21-47(42)56-48(43)32-39/h1-32H. The van der Waals surface area contributed by atoms with Crippen molar-refractivity contribution >= 4 is 43.7 Å². The molecule has 0 amide bonds. The van der Waals surface area contributed by atoms with Gasteiger partial charge in [-0.3, -0.25) is 0 Å². The molecule has 5 heteroatoms. The lowest BCUT2D eigenvalue weighted by atomic mass is 10.0. The third-order valence-electron chi connectivity index (χ3n) is 10.7. The zero-order chi connectivity index (χ0) is 37.0. The normalized spacial score (nSPS) is 11.6. The Morgan fingerprint density at radius 2 is 0.804 bits per heavy atom. The highest BCUT2D eigenvalue weighted by Gasteiger charge is 2.16. The fourth-order valence-electron chi connectivity index (χ4n) is 7.91. The van der Waals surface area contributed by atoms with Crippen molar-refractivity contribution in [1.82, 2.24) is 19.5 Å². The molecule has 0 spiro atoms. The van der Waals surface area contributed by atoms with E-state index >= 15 is 0 Å². The van der Waals surface area contributed by atoms with Gasteiger partial charge in [-0.15, -0.1) is 0 Å². The number of furan rings is 1. The number of benzene rings is 8. The van der Waals surface area contributed by atoms with Crippen LogP contribution in [0.4, 0.5) is 0 Å². The van der Waals surface area contributed by atoms with Gasteiger partial charge in [0.15, 0.2) is 17.5 Å². The number of nitrogens with zero attached hydrogens (tertiary/aromatic N) is 4. The van der Waals surface area contributed by atoms with E-state index in [0.29, 0.717) is 17.5 Å². The van der Waals surface area contributed by atoms with E-state index in [2.05, 4.69) is 126 Å². The lowest BCUT2D eigenvalue weighted by molar-refractivity contribution is 0.669. The number of aromatic nitrogens is 4. The number of fused-ring (bicyclic) bond motifs is 6. The van der Waals surface area contributed by atoms with Crippen molar-refractivity contribution < 1.29 is 4.42 Å². The van der Waals surface area contributed by atoms with Gasteiger partial charge < -0.3 is 8.98 Å². The first kappa shape index (κ1) is 31.9. The maximum atomic E-state index is 6.24. The average Bonchev–Trinajstić information content (AvgIpc) is 3.82. The maximum absolute atomic E-state index is 6.24. The highest BCUT2D eigenvalue weighted by Crippen LogP contribution is 2.37. The van der Waals surface area contributed by atoms with E-state index in [9.17, 15) is 0 Å². The Labute approximate surface area is 322 Å². The molecule has 0 unspecified atom stereocenters. The zero-order valence-corrected chi connectivity index (χ0v) is 30.2. The number of hydrogen-bond donors (Lipinski definition) is 0. The number of rotatable bonds is 6. The molecule has 8 aromatic carbocycles. The summed E-state index contributed by atoms with van der Waals surface area (Å²) in [5, 5.41) is 4.69. The highest BCUT2D eigenvalue weighted by molar-refractivity contribution is 6.11. The van der Waals surface area contributed by atoms with Crippen LogP contribution >= 0.6 is 0 Å². The summed E-state index contributed by atoms with van der Waals surface area (Å²) in [7, 11) is 0. The van der Waals surface area contributed by atoms with Gasteiger partial charge in [0.05, 0.1) is 11.0 Å². The summed E-state index contributed by atoms with van der Waals surface area (Å²) in [6, 6.07) is 67.6. The van der Waals surface area contributed by atoms with Crippen molar-refractivity contribution in [2.24, 2.45) is 0 Å². The van der Waals surface area contributed by atoms with E-state index in [-0.39, 0.29) is 0 Å². The highest BCUT2D eigenvalue weighted by atomic mass is 16.3. The van der Waals surface area contributed by atoms with Crippen molar-refractivity contribution in [1.29, 1.82) is 0 Å². The minimum atomic E-state index is 0.641. The van der Waals surface area contributed by atoms with E-state index in [4.69, 9.17) is 19.4 Å². The Morgan fingerprint density at radius 1 is 0.304 bits per heavy atom. The fraction of sp³-hybridized carbons (Fsp3) is 0. The van der Waals surface area contributed by atoms with Crippen LogP contribution in [0.15, 0.2) is 199 Å². The minimum Gasteiger partial charge on any atom is -0.456 e. The van der Waals surface area contributed by atoms with Gasteiger partial charge in [-0.25, -0.2) is 15.0 Å². The van der Waals surface area contributed by atoms with Crippen molar-refractivity contribution in [2.75, 3.05) is 0 Å². The molecule has 0 fully saturated rings. The lowest BCUT2D eigenvalue weighted by Gasteiger charge is -2.11. The molecule has 56 heavy (non-hydrogen) atoms. The van der Waals surface area contributed by atoms with Crippen LogP contribution < -0.4 is 0 Å². The SMILES string of the molecule is c1ccc(-c2nc(-c3ccccc3)nc(-c3ccc(-c4ccc5c(c4)c4ccccc4n5-c4cccc(-c5ccc6c(c5)oc5ccccc56)c4)cc3)n2)cc1. The second-order valence-corrected chi connectivity index (χ2v) is 14.1. The summed E-state index contributed by atoms with van der Waals surface area (Å²) >= 11 is 0. The van der Waals surface area contributed by atoms with Crippen LogP contribution in [-0.4, -0.2) is 19.5 Å². The zero-order valence-electron chi connectivity index (χ0n) is 30.2. The summed E-state index contributed by atoms with van der Waals surface area (Å²) in [5.74, 6) is 1.94. The van der Waals surface area contributed by atoms with Gasteiger partial charge in [0.2, 0.25) is 0 Å². The van der Waals surface area contributed by atoms with Gasteiger partial charge in [0, 0.05) is 43.9 Å². The first-order valence-electron chi connectivity index (χ1n) is 18.8. The summed E-state index contributed by atoms with van der Waals surface area (Å²) < 4.78 is 8.61. The summed E-state index contributed by atoms with van der Waals surface area (Å²) in [4.78, 5) is 14.7. The van der Waals surface area contributed by atoms with E-state index < -0.39 is 0 Å². The largest absolute Gasteiger partial charge is 0.456 e. The average molecular weight is 717 g/mol. The molecule has 11 aromatic rings. The van der Waals surface area contributed by atoms with E-state index in [1.165, 1.54) is 10.8 Å². The van der Waals surface area contributed by atoms with Gasteiger partial charge in [0.25, 0.3) is 0 Å². The fourth-order valence-corrected chi connectivity index (χ4v) is 7.91. The van der Waals surface area contributed by atoms with Gasteiger partial charge in [-0.2, -0.15) is 0 Å². The molecule has 0 atom stereocenters. The van der Waals surface area contributed by atoms with Gasteiger partial charge in [-0.05, 0) is 70.8 Å². The molecule has 0 N–H and O–H groups in total. The van der Waals surface area contributed by atoms with Crippen LogP contribution in [-0.2, 0) is 0 Å². The molecule has 0 bridgehead atoms. The number of hydrogen-bond acceptors (Lipinski definition) is 4. The molecule has 3 heterocycles. The van der Waals surface area contributed by atoms with E-state index in [0.717, 1.165) is 77.6 Å². The first-order chi connectivity index (χ1) is 27.7. The lowest BCUT2D eigenvalue weighted by Crippen LogP contribution is -2.00.